The predicted octanol–water partition coefficient (Wildman–Crippen LogP) is 5.63. The normalized spacial score (nSPS) is 11.2. The van der Waals surface area contributed by atoms with Gasteiger partial charge in [0.05, 0.1) is 18.5 Å². The van der Waals surface area contributed by atoms with Gasteiger partial charge in [0.15, 0.2) is 0 Å². The van der Waals surface area contributed by atoms with Gasteiger partial charge in [-0.25, -0.2) is 0 Å². The molecule has 1 amide bonds. The number of hydrogen-bond donors (Lipinski definition) is 0. The number of carbonyl (C=O) groups is 1. The van der Waals surface area contributed by atoms with E-state index in [-0.39, 0.29) is 18.5 Å². The first-order chi connectivity index (χ1) is 14.5. The molecule has 0 unspecified atom stereocenters. The summed E-state index contributed by atoms with van der Waals surface area (Å²) in [5.41, 5.74) is 1.85. The minimum Gasteiger partial charge on any atom is -0.419 e. The van der Waals surface area contributed by atoms with Crippen LogP contribution in [0.25, 0.3) is 22.2 Å². The molecule has 0 saturated carbocycles. The van der Waals surface area contributed by atoms with Gasteiger partial charge in [0.25, 0.3) is 0 Å². The van der Waals surface area contributed by atoms with Gasteiger partial charge in [0, 0.05) is 10.5 Å². The van der Waals surface area contributed by atoms with Crippen molar-refractivity contribution in [2.45, 2.75) is 32.9 Å². The summed E-state index contributed by atoms with van der Waals surface area (Å²) in [6, 6.07) is 21.9. The zero-order chi connectivity index (χ0) is 21.1. The molecule has 0 aliphatic heterocycles. The van der Waals surface area contributed by atoms with Crippen molar-refractivity contribution in [2.75, 3.05) is 0 Å². The van der Waals surface area contributed by atoms with Gasteiger partial charge < -0.3 is 9.32 Å². The molecule has 3 aromatic carbocycles. The van der Waals surface area contributed by atoms with Crippen molar-refractivity contribution in [3.63, 3.8) is 0 Å². The first-order valence-corrected chi connectivity index (χ1v) is 10.7. The van der Waals surface area contributed by atoms with Crippen LogP contribution in [0.2, 0.25) is 0 Å². The molecule has 0 atom stereocenters. The summed E-state index contributed by atoms with van der Waals surface area (Å²) in [7, 11) is 0. The van der Waals surface area contributed by atoms with Crippen LogP contribution in [-0.2, 0) is 17.8 Å². The number of aromatic nitrogens is 2. The maximum Gasteiger partial charge on any atom is 0.248 e. The van der Waals surface area contributed by atoms with Gasteiger partial charge in [-0.05, 0) is 58.2 Å². The average Bonchev–Trinajstić information content (AvgIpc) is 3.21. The Hall–Kier alpha value is -2.99. The molecular formula is C24H22BrN3O2. The third-order valence-electron chi connectivity index (χ3n) is 5.04. The lowest BCUT2D eigenvalue weighted by Gasteiger charge is -2.25. The van der Waals surface area contributed by atoms with Crippen LogP contribution in [0.4, 0.5) is 0 Å². The first kappa shape index (κ1) is 20.3. The minimum absolute atomic E-state index is 0.00582. The monoisotopic (exact) mass is 463 g/mol. The number of benzene rings is 3. The van der Waals surface area contributed by atoms with Crippen molar-refractivity contribution in [3.05, 3.63) is 82.7 Å². The van der Waals surface area contributed by atoms with E-state index in [2.05, 4.69) is 44.3 Å². The molecule has 0 bridgehead atoms. The summed E-state index contributed by atoms with van der Waals surface area (Å²) in [4.78, 5) is 14.9. The molecule has 0 N–H and O–H groups in total. The van der Waals surface area contributed by atoms with Gasteiger partial charge in [0.2, 0.25) is 17.7 Å². The zero-order valence-electron chi connectivity index (χ0n) is 16.9. The molecule has 0 aliphatic rings. The lowest BCUT2D eigenvalue weighted by atomic mass is 10.0. The molecule has 152 valence electrons. The maximum absolute atomic E-state index is 13.2. The van der Waals surface area contributed by atoms with Gasteiger partial charge in [-0.15, -0.1) is 10.2 Å². The van der Waals surface area contributed by atoms with Crippen molar-refractivity contribution in [2.24, 2.45) is 0 Å². The van der Waals surface area contributed by atoms with Crippen molar-refractivity contribution in [1.82, 2.24) is 15.1 Å². The fourth-order valence-corrected chi connectivity index (χ4v) is 3.93. The highest BCUT2D eigenvalue weighted by Gasteiger charge is 2.22. The van der Waals surface area contributed by atoms with E-state index in [0.717, 1.165) is 26.4 Å². The molecule has 0 saturated heterocycles. The van der Waals surface area contributed by atoms with Gasteiger partial charge >= 0.3 is 0 Å². The highest BCUT2D eigenvalue weighted by molar-refractivity contribution is 9.10. The van der Waals surface area contributed by atoms with E-state index in [0.29, 0.717) is 18.2 Å². The topological polar surface area (TPSA) is 59.2 Å². The molecule has 4 aromatic rings. The third-order valence-corrected chi connectivity index (χ3v) is 5.73. The summed E-state index contributed by atoms with van der Waals surface area (Å²) < 4.78 is 6.74. The van der Waals surface area contributed by atoms with E-state index in [1.165, 1.54) is 0 Å². The molecule has 5 nitrogen and oxygen atoms in total. The van der Waals surface area contributed by atoms with E-state index in [1.54, 1.807) is 4.90 Å². The van der Waals surface area contributed by atoms with Crippen LogP contribution in [0.5, 0.6) is 0 Å². The number of halogens is 1. The second-order valence-electron chi connectivity index (χ2n) is 7.41. The maximum atomic E-state index is 13.2. The van der Waals surface area contributed by atoms with Gasteiger partial charge in [-0.3, -0.25) is 4.79 Å². The predicted molar refractivity (Wildman–Crippen MR) is 121 cm³/mol. The lowest BCUT2D eigenvalue weighted by molar-refractivity contribution is -0.133. The number of fused-ring (bicyclic) bond motifs is 1. The number of nitrogens with zero attached hydrogens (tertiary/aromatic N) is 3. The van der Waals surface area contributed by atoms with E-state index in [1.807, 2.05) is 62.4 Å². The summed E-state index contributed by atoms with van der Waals surface area (Å²) in [6.45, 7) is 4.26. The van der Waals surface area contributed by atoms with E-state index < -0.39 is 0 Å². The Morgan fingerprint density at radius 3 is 2.53 bits per heavy atom. The van der Waals surface area contributed by atoms with E-state index in [4.69, 9.17) is 4.42 Å². The summed E-state index contributed by atoms with van der Waals surface area (Å²) in [5, 5.41) is 10.6. The van der Waals surface area contributed by atoms with Crippen LogP contribution in [-0.4, -0.2) is 27.0 Å². The second-order valence-corrected chi connectivity index (χ2v) is 8.27. The van der Waals surface area contributed by atoms with Gasteiger partial charge in [-0.2, -0.15) is 0 Å². The van der Waals surface area contributed by atoms with Crippen LogP contribution in [0.1, 0.15) is 25.3 Å². The summed E-state index contributed by atoms with van der Waals surface area (Å²) in [5.74, 6) is 0.880. The largest absolute Gasteiger partial charge is 0.419 e. The van der Waals surface area contributed by atoms with E-state index in [9.17, 15) is 4.79 Å². The summed E-state index contributed by atoms with van der Waals surface area (Å²) >= 11 is 3.50. The number of rotatable bonds is 6. The Kier molecular flexibility index (Phi) is 5.95. The Labute approximate surface area is 183 Å². The summed E-state index contributed by atoms with van der Waals surface area (Å²) in [6.07, 6.45) is 0.324. The van der Waals surface area contributed by atoms with Crippen LogP contribution in [0.15, 0.2) is 75.6 Å². The SMILES string of the molecule is CC(C)N(Cc1nnc(-c2ccccc2Br)o1)C(=O)Cc1cccc2ccccc12. The van der Waals surface area contributed by atoms with Crippen molar-refractivity contribution in [1.29, 1.82) is 0 Å². The van der Waals surface area contributed by atoms with Crippen LogP contribution in [0.3, 0.4) is 0 Å². The molecule has 4 rings (SSSR count). The minimum atomic E-state index is 0.00582. The standard InChI is InChI=1S/C24H22BrN3O2/c1-16(2)28(15-22-26-27-24(30-22)20-12-5-6-13-21(20)25)23(29)14-18-10-7-9-17-8-3-4-11-19(17)18/h3-13,16H,14-15H2,1-2H3. The highest BCUT2D eigenvalue weighted by atomic mass is 79.9. The smallest absolute Gasteiger partial charge is 0.248 e. The number of carbonyl (C=O) groups excluding carboxylic acids is 1. The quantitative estimate of drug-likeness (QED) is 0.371. The fourth-order valence-electron chi connectivity index (χ4n) is 3.48. The van der Waals surface area contributed by atoms with Crippen LogP contribution in [0, 0.1) is 0 Å². The first-order valence-electron chi connectivity index (χ1n) is 9.86. The molecule has 1 aromatic heterocycles. The molecular weight excluding hydrogens is 442 g/mol. The molecule has 0 radical (unpaired) electrons. The second kappa shape index (κ2) is 8.79. The average molecular weight is 464 g/mol. The lowest BCUT2D eigenvalue weighted by Crippen LogP contribution is -2.37. The molecule has 0 spiro atoms. The Morgan fingerprint density at radius 2 is 1.73 bits per heavy atom. The number of amides is 1. The highest BCUT2D eigenvalue weighted by Crippen LogP contribution is 2.27. The van der Waals surface area contributed by atoms with E-state index >= 15 is 0 Å². The third kappa shape index (κ3) is 4.28. The molecule has 1 heterocycles. The number of hydrogen-bond acceptors (Lipinski definition) is 4. The van der Waals surface area contributed by atoms with Gasteiger partial charge in [0.1, 0.15) is 0 Å². The fraction of sp³-hybridized carbons (Fsp3) is 0.208. The van der Waals surface area contributed by atoms with Gasteiger partial charge in [-0.1, -0.05) is 54.6 Å². The Morgan fingerprint density at radius 1 is 1.00 bits per heavy atom. The Balaban J connectivity index is 1.54. The van der Waals surface area contributed by atoms with Crippen molar-refractivity contribution >= 4 is 32.6 Å². The van der Waals surface area contributed by atoms with Crippen molar-refractivity contribution in [3.8, 4) is 11.5 Å². The molecule has 30 heavy (non-hydrogen) atoms. The molecule has 0 aliphatic carbocycles. The zero-order valence-corrected chi connectivity index (χ0v) is 18.5. The molecule has 0 fully saturated rings. The Bertz CT molecular complexity index is 1180. The van der Waals surface area contributed by atoms with Crippen LogP contribution < -0.4 is 0 Å². The van der Waals surface area contributed by atoms with Crippen LogP contribution >= 0.6 is 15.9 Å². The van der Waals surface area contributed by atoms with Crippen molar-refractivity contribution < 1.29 is 9.21 Å². The molecule has 6 heteroatoms.